The van der Waals surface area contributed by atoms with Crippen molar-refractivity contribution in [3.63, 3.8) is 0 Å². The third kappa shape index (κ3) is 3.39. The van der Waals surface area contributed by atoms with Crippen molar-refractivity contribution in [2.24, 2.45) is 5.73 Å². The molecule has 1 unspecified atom stereocenters. The van der Waals surface area contributed by atoms with Crippen molar-refractivity contribution in [2.45, 2.75) is 6.10 Å². The lowest BCUT2D eigenvalue weighted by Gasteiger charge is -2.13. The van der Waals surface area contributed by atoms with Gasteiger partial charge >= 0.3 is 18.2 Å². The molecule has 10 heteroatoms. The van der Waals surface area contributed by atoms with E-state index in [-0.39, 0.29) is 28.8 Å². The molecule has 0 aliphatic carbocycles. The minimum atomic E-state index is -1.29. The zero-order valence-corrected chi connectivity index (χ0v) is 15.6. The van der Waals surface area contributed by atoms with E-state index in [1.54, 1.807) is 6.07 Å². The lowest BCUT2D eigenvalue weighted by atomic mass is 10.0. The summed E-state index contributed by atoms with van der Waals surface area (Å²) in [5.41, 5.74) is 6.03. The third-order valence-corrected chi connectivity index (χ3v) is 4.57. The molecule has 1 aromatic heterocycles. The zero-order chi connectivity index (χ0) is 21.4. The number of benzene rings is 2. The molecule has 2 aromatic carbocycles. The molecule has 4 rings (SSSR count). The van der Waals surface area contributed by atoms with Crippen LogP contribution in [0.25, 0.3) is 22.3 Å². The Morgan fingerprint density at radius 1 is 1.23 bits per heavy atom. The quantitative estimate of drug-likeness (QED) is 0.495. The first-order valence-corrected chi connectivity index (χ1v) is 8.74. The van der Waals surface area contributed by atoms with Crippen molar-refractivity contribution in [1.29, 1.82) is 0 Å². The molecule has 9 nitrogen and oxygen atoms in total. The standard InChI is InChI=1S/C20H15FN2O7/c1-27-13-7-12-14(6-11(13)15-8-23-20(26)29-15)28-17(9-2-4-10(21)5-3-9)16(12)18(24)30-19(22)25/h2-7,15H,8H2,1H3,(H2,22,25)(H,23,26). The molecule has 1 fully saturated rings. The summed E-state index contributed by atoms with van der Waals surface area (Å²) in [6.45, 7) is 0.225. The van der Waals surface area contributed by atoms with Crippen LogP contribution in [0.2, 0.25) is 0 Å². The van der Waals surface area contributed by atoms with Crippen molar-refractivity contribution in [1.82, 2.24) is 5.32 Å². The highest BCUT2D eigenvalue weighted by molar-refractivity contribution is 6.11. The molecule has 1 aliphatic heterocycles. The molecule has 30 heavy (non-hydrogen) atoms. The molecule has 154 valence electrons. The predicted molar refractivity (Wildman–Crippen MR) is 100 cm³/mol. The fraction of sp³-hybridized carbons (Fsp3) is 0.150. The number of nitrogens with one attached hydrogen (secondary N) is 1. The summed E-state index contributed by atoms with van der Waals surface area (Å²) >= 11 is 0. The van der Waals surface area contributed by atoms with E-state index in [1.807, 2.05) is 0 Å². The number of primary amides is 1. The normalized spacial score (nSPS) is 15.5. The number of methoxy groups -OCH3 is 1. The molecule has 3 N–H and O–H groups in total. The minimum absolute atomic E-state index is 0.0528. The van der Waals surface area contributed by atoms with Gasteiger partial charge in [0, 0.05) is 16.5 Å². The number of amides is 2. The van der Waals surface area contributed by atoms with Crippen LogP contribution in [0.15, 0.2) is 40.8 Å². The number of esters is 1. The van der Waals surface area contributed by atoms with E-state index in [0.29, 0.717) is 16.9 Å². The van der Waals surface area contributed by atoms with Crippen LogP contribution in [-0.4, -0.2) is 31.8 Å². The first kappa shape index (κ1) is 19.2. The number of carbonyl (C=O) groups is 3. The van der Waals surface area contributed by atoms with Crippen molar-refractivity contribution >= 4 is 29.1 Å². The zero-order valence-electron chi connectivity index (χ0n) is 15.6. The van der Waals surface area contributed by atoms with Crippen LogP contribution in [0, 0.1) is 5.82 Å². The van der Waals surface area contributed by atoms with Crippen LogP contribution < -0.4 is 15.8 Å². The monoisotopic (exact) mass is 414 g/mol. The summed E-state index contributed by atoms with van der Waals surface area (Å²) in [7, 11) is 1.41. The fourth-order valence-electron chi connectivity index (χ4n) is 3.28. The Hall–Kier alpha value is -4.08. The van der Waals surface area contributed by atoms with Gasteiger partial charge in [-0.1, -0.05) is 0 Å². The lowest BCUT2D eigenvalue weighted by molar-refractivity contribution is 0.0640. The van der Waals surface area contributed by atoms with Gasteiger partial charge in [0.15, 0.2) is 0 Å². The second-order valence-electron chi connectivity index (χ2n) is 6.39. The highest BCUT2D eigenvalue weighted by Crippen LogP contribution is 2.40. The Morgan fingerprint density at radius 2 is 1.97 bits per heavy atom. The molecular formula is C20H15FN2O7. The van der Waals surface area contributed by atoms with Gasteiger partial charge in [-0.2, -0.15) is 0 Å². The number of alkyl carbamates (subject to hydrolysis) is 1. The Balaban J connectivity index is 1.93. The predicted octanol–water partition coefficient (Wildman–Crippen LogP) is 3.26. The van der Waals surface area contributed by atoms with Gasteiger partial charge < -0.3 is 29.7 Å². The van der Waals surface area contributed by atoms with Crippen LogP contribution in [0.4, 0.5) is 14.0 Å². The number of nitrogens with two attached hydrogens (primary N) is 1. The van der Waals surface area contributed by atoms with Gasteiger partial charge in [0.2, 0.25) is 0 Å². The molecule has 2 amide bonds. The maximum absolute atomic E-state index is 13.3. The largest absolute Gasteiger partial charge is 0.496 e. The van der Waals surface area contributed by atoms with E-state index in [2.05, 4.69) is 10.1 Å². The first-order valence-electron chi connectivity index (χ1n) is 8.74. The van der Waals surface area contributed by atoms with Crippen molar-refractivity contribution in [3.05, 3.63) is 53.3 Å². The number of carbonyl (C=O) groups excluding carboxylic acids is 3. The topological polar surface area (TPSA) is 130 Å². The lowest BCUT2D eigenvalue weighted by Crippen LogP contribution is -2.18. The van der Waals surface area contributed by atoms with Gasteiger partial charge in [-0.15, -0.1) is 0 Å². The summed E-state index contributed by atoms with van der Waals surface area (Å²) < 4.78 is 34.4. The Bertz CT molecular complexity index is 1170. The van der Waals surface area contributed by atoms with E-state index >= 15 is 0 Å². The summed E-state index contributed by atoms with van der Waals surface area (Å²) in [4.78, 5) is 35.2. The van der Waals surface area contributed by atoms with E-state index < -0.39 is 30.1 Å². The third-order valence-electron chi connectivity index (χ3n) is 4.57. The van der Waals surface area contributed by atoms with Gasteiger partial charge in [0.05, 0.1) is 13.7 Å². The Labute approximate surface area is 168 Å². The highest BCUT2D eigenvalue weighted by Gasteiger charge is 2.31. The average molecular weight is 414 g/mol. The number of furan rings is 1. The molecular weight excluding hydrogens is 399 g/mol. The van der Waals surface area contributed by atoms with Gasteiger partial charge in [0.1, 0.15) is 34.6 Å². The maximum atomic E-state index is 13.3. The van der Waals surface area contributed by atoms with Crippen molar-refractivity contribution in [2.75, 3.05) is 13.7 Å². The summed E-state index contributed by atoms with van der Waals surface area (Å²) in [5, 5.41) is 2.82. The summed E-state index contributed by atoms with van der Waals surface area (Å²) in [5.74, 6) is -1.14. The summed E-state index contributed by atoms with van der Waals surface area (Å²) in [6.07, 6.45) is -2.48. The molecule has 1 saturated heterocycles. The molecule has 0 saturated carbocycles. The summed E-state index contributed by atoms with van der Waals surface area (Å²) in [6, 6.07) is 8.28. The van der Waals surface area contributed by atoms with Crippen LogP contribution in [0.5, 0.6) is 5.75 Å². The molecule has 2 heterocycles. The number of cyclic esters (lactones) is 1. The van der Waals surface area contributed by atoms with Crippen LogP contribution >= 0.6 is 0 Å². The minimum Gasteiger partial charge on any atom is -0.496 e. The van der Waals surface area contributed by atoms with Crippen molar-refractivity contribution < 1.29 is 37.4 Å². The van der Waals surface area contributed by atoms with E-state index in [0.717, 1.165) is 0 Å². The smallest absolute Gasteiger partial charge is 0.412 e. The number of ether oxygens (including phenoxy) is 3. The molecule has 0 spiro atoms. The molecule has 3 aromatic rings. The second kappa shape index (κ2) is 7.39. The SMILES string of the molecule is COc1cc2c(C(=O)OC(N)=O)c(-c3ccc(F)cc3)oc2cc1C1CNC(=O)O1. The number of hydrogen-bond donors (Lipinski definition) is 2. The highest BCUT2D eigenvalue weighted by atomic mass is 19.1. The van der Waals surface area contributed by atoms with Crippen molar-refractivity contribution in [3.8, 4) is 17.1 Å². The average Bonchev–Trinajstić information content (AvgIpc) is 3.30. The van der Waals surface area contributed by atoms with Gasteiger partial charge in [-0.3, -0.25) is 0 Å². The van der Waals surface area contributed by atoms with Gasteiger partial charge in [-0.25, -0.2) is 18.8 Å². The second-order valence-corrected chi connectivity index (χ2v) is 6.39. The van der Waals surface area contributed by atoms with E-state index in [9.17, 15) is 18.8 Å². The number of rotatable bonds is 4. The Kier molecular flexibility index (Phi) is 4.74. The van der Waals surface area contributed by atoms with E-state index in [4.69, 9.17) is 19.6 Å². The van der Waals surface area contributed by atoms with Crippen LogP contribution in [0.1, 0.15) is 22.0 Å². The number of hydrogen-bond acceptors (Lipinski definition) is 7. The van der Waals surface area contributed by atoms with Crippen LogP contribution in [-0.2, 0) is 9.47 Å². The first-order chi connectivity index (χ1) is 14.4. The Morgan fingerprint density at radius 3 is 2.57 bits per heavy atom. The van der Waals surface area contributed by atoms with E-state index in [1.165, 1.54) is 37.4 Å². The molecule has 1 atom stereocenters. The number of fused-ring (bicyclic) bond motifs is 1. The van der Waals surface area contributed by atoms with Crippen LogP contribution in [0.3, 0.4) is 0 Å². The maximum Gasteiger partial charge on any atom is 0.412 e. The fourth-order valence-corrected chi connectivity index (χ4v) is 3.28. The molecule has 1 aliphatic rings. The van der Waals surface area contributed by atoms with Gasteiger partial charge in [0.25, 0.3) is 0 Å². The molecule has 0 radical (unpaired) electrons. The van der Waals surface area contributed by atoms with Gasteiger partial charge in [-0.05, 0) is 36.4 Å². The number of halogens is 1. The molecule has 0 bridgehead atoms.